The molecule has 18 rings (SSSR count). The Bertz CT molecular complexity index is 5640. The number of hydrogen-bond acceptors (Lipinski definition) is 12. The van der Waals surface area contributed by atoms with Crippen LogP contribution in [-0.2, 0) is 21.7 Å². The van der Waals surface area contributed by atoms with Gasteiger partial charge >= 0.3 is 0 Å². The Morgan fingerprint density at radius 1 is 0.225 bits per heavy atom. The molecular formula is C108H94O12. The van der Waals surface area contributed by atoms with Gasteiger partial charge < -0.3 is 61.3 Å². The maximum atomic E-state index is 9.85. The summed E-state index contributed by atoms with van der Waals surface area (Å²) >= 11 is 0. The van der Waals surface area contributed by atoms with Gasteiger partial charge in [-0.25, -0.2) is 0 Å². The van der Waals surface area contributed by atoms with Crippen molar-refractivity contribution in [3.8, 4) is 80.1 Å². The molecule has 598 valence electrons. The summed E-state index contributed by atoms with van der Waals surface area (Å²) in [5.74, 6) is 3.58. The highest BCUT2D eigenvalue weighted by atomic mass is 16.3. The molecule has 2 aliphatic carbocycles. The third-order valence-electron chi connectivity index (χ3n) is 23.8. The van der Waals surface area contributed by atoms with E-state index in [0.29, 0.717) is 11.7 Å². The van der Waals surface area contributed by atoms with E-state index in [1.807, 2.05) is 182 Å². The van der Waals surface area contributed by atoms with Gasteiger partial charge in [0.05, 0.1) is 5.41 Å². The zero-order valence-corrected chi connectivity index (χ0v) is 66.5. The van der Waals surface area contributed by atoms with E-state index < -0.39 is 10.8 Å². The number of hydrogen-bond donors (Lipinski definition) is 12. The Hall–Kier alpha value is -14.9. The number of phenols is 12. The highest BCUT2D eigenvalue weighted by molar-refractivity contribution is 5.86. The van der Waals surface area contributed by atoms with Crippen LogP contribution >= 0.6 is 0 Å². The monoisotopic (exact) mass is 1580 g/mol. The minimum Gasteiger partial charge on any atom is -0.508 e. The maximum Gasteiger partial charge on any atom is 0.115 e. The zero-order chi connectivity index (χ0) is 84.0. The molecule has 1 fully saturated rings. The van der Waals surface area contributed by atoms with Crippen molar-refractivity contribution in [3.05, 3.63) is 489 Å². The molecule has 1 saturated carbocycles. The zero-order valence-electron chi connectivity index (χ0n) is 66.5. The lowest BCUT2D eigenvalue weighted by atomic mass is 9.62. The molecule has 0 aromatic heterocycles. The smallest absolute Gasteiger partial charge is 0.115 e. The molecule has 0 atom stereocenters. The van der Waals surface area contributed by atoms with Gasteiger partial charge in [-0.2, -0.15) is 0 Å². The second-order valence-electron chi connectivity index (χ2n) is 30.9. The molecule has 0 radical (unpaired) electrons. The van der Waals surface area contributed by atoms with Crippen LogP contribution in [0.3, 0.4) is 0 Å². The first-order valence-corrected chi connectivity index (χ1v) is 39.9. The number of phenolic OH excluding ortho intramolecular Hbond substituents is 12. The number of fused-ring (bicyclic) bond motifs is 3. The van der Waals surface area contributed by atoms with E-state index in [-0.39, 0.29) is 80.0 Å². The van der Waals surface area contributed by atoms with Crippen molar-refractivity contribution < 1.29 is 61.3 Å². The molecule has 12 heteroatoms. The van der Waals surface area contributed by atoms with Crippen LogP contribution in [0.25, 0.3) is 11.1 Å². The van der Waals surface area contributed by atoms with Crippen LogP contribution < -0.4 is 0 Å². The Kier molecular flexibility index (Phi) is 24.6. The molecule has 0 unspecified atom stereocenters. The molecule has 12 nitrogen and oxygen atoms in total. The average molecular weight is 1580 g/mol. The molecule has 0 heterocycles. The van der Waals surface area contributed by atoms with Gasteiger partial charge in [0, 0.05) is 22.2 Å². The van der Waals surface area contributed by atoms with Gasteiger partial charge in [-0.05, 0) is 291 Å². The summed E-state index contributed by atoms with van der Waals surface area (Å²) in [6.07, 6.45) is 4.08. The van der Waals surface area contributed by atoms with E-state index in [1.165, 1.54) is 44.5 Å². The van der Waals surface area contributed by atoms with E-state index in [9.17, 15) is 61.3 Å². The van der Waals surface area contributed by atoms with Crippen LogP contribution in [0.4, 0.5) is 0 Å². The first kappa shape index (κ1) is 81.7. The van der Waals surface area contributed by atoms with E-state index >= 15 is 0 Å². The molecule has 0 aliphatic heterocycles. The van der Waals surface area contributed by atoms with Crippen molar-refractivity contribution in [3.63, 3.8) is 0 Å². The van der Waals surface area contributed by atoms with E-state index in [0.717, 1.165) is 81.3 Å². The van der Waals surface area contributed by atoms with Crippen LogP contribution in [0.1, 0.15) is 140 Å². The summed E-state index contributed by atoms with van der Waals surface area (Å²) in [7, 11) is 0. The van der Waals surface area contributed by atoms with Crippen molar-refractivity contribution in [2.75, 3.05) is 0 Å². The average Bonchev–Trinajstić information content (AvgIpc) is 1.54. The van der Waals surface area contributed by atoms with Crippen molar-refractivity contribution in [2.24, 2.45) is 0 Å². The highest BCUT2D eigenvalue weighted by Crippen LogP contribution is 2.57. The normalized spacial score (nSPS) is 13.0. The summed E-state index contributed by atoms with van der Waals surface area (Å²) in [4.78, 5) is 0. The van der Waals surface area contributed by atoms with Crippen LogP contribution in [0.5, 0.6) is 69.0 Å². The SMILES string of the molecule is CC(c1ccc(O)cc1)(c1ccc(O)cc1)c1ccc(O)cc1.CC(c1ccccc1)(c1ccc(O)cc1)c1ccc(O)cc1.Oc1ccc(C(c2ccccc2)c2ccc(O)cc2)cc1.Oc1ccc(C2(c3ccc(O)cc3)c3ccccc3-c3ccccc32)cc1.Oc1ccc(C2CCC(c3ccc(O)cc3)(c3ccc(O)cc3)CC2)cc1. The molecule has 2 aliphatic rings. The Morgan fingerprint density at radius 3 is 0.733 bits per heavy atom. The lowest BCUT2D eigenvalue weighted by Crippen LogP contribution is -2.32. The fourth-order valence-corrected chi connectivity index (χ4v) is 17.2. The maximum absolute atomic E-state index is 9.85. The van der Waals surface area contributed by atoms with Gasteiger partial charge in [0.25, 0.3) is 0 Å². The topological polar surface area (TPSA) is 243 Å². The minimum absolute atomic E-state index is 0.0763. The van der Waals surface area contributed by atoms with Crippen LogP contribution in [0.2, 0.25) is 0 Å². The van der Waals surface area contributed by atoms with E-state index in [2.05, 4.69) is 86.6 Å². The summed E-state index contributed by atoms with van der Waals surface area (Å²) in [5, 5.41) is 115. The predicted molar refractivity (Wildman–Crippen MR) is 475 cm³/mol. The quantitative estimate of drug-likeness (QED) is 0.0455. The summed E-state index contributed by atoms with van der Waals surface area (Å²) in [6.45, 7) is 4.24. The summed E-state index contributed by atoms with van der Waals surface area (Å²) < 4.78 is 0. The van der Waals surface area contributed by atoms with E-state index in [1.54, 1.807) is 146 Å². The molecule has 12 N–H and O–H groups in total. The Morgan fingerprint density at radius 2 is 0.442 bits per heavy atom. The van der Waals surface area contributed by atoms with E-state index in [4.69, 9.17) is 0 Å². The lowest BCUT2D eigenvalue weighted by molar-refractivity contribution is 0.314. The van der Waals surface area contributed by atoms with Gasteiger partial charge in [0.15, 0.2) is 0 Å². The second kappa shape index (κ2) is 36.1. The number of benzene rings is 16. The second-order valence-corrected chi connectivity index (χ2v) is 30.9. The van der Waals surface area contributed by atoms with Gasteiger partial charge in [-0.1, -0.05) is 255 Å². The van der Waals surface area contributed by atoms with Crippen molar-refractivity contribution in [1.29, 1.82) is 0 Å². The van der Waals surface area contributed by atoms with Crippen LogP contribution in [0, 0.1) is 0 Å². The Balaban J connectivity index is 0.000000123. The minimum atomic E-state index is -0.491. The standard InChI is InChI=1S/C25H18O2.C24H24O3.C20H18O3.C20H18O2.C19H16O2/c26-19-13-9-17(10-14-19)25(18-11-15-20(27)16-12-18)23-7-3-1-5-21(23)22-6-2-4-8-24(22)25;25-21-7-1-17(2-8-21)18-13-15-24(16-14-18,19-3-9-22(26)10-4-19)20-5-11-23(27)12-6-20;1-20(14-2-8-17(21)9-3-14,15-4-10-18(22)11-5-15)16-6-12-19(23)13-7-16;1-20(15-5-3-2-4-6-15,16-7-11-18(21)12-8-16)17-9-13-19(22)14-10-17;20-17-10-6-15(7-11-17)19(14-4-2-1-3-5-14)16-8-12-18(21)13-9-16/h1-16,26-27H;1-12,18,25-27H,13-16H2;2-13,21-23H,1H3;2-14,21-22H,1H3;1-13,19-21H. The molecule has 0 saturated heterocycles. The van der Waals surface area contributed by atoms with Gasteiger partial charge in [-0.3, -0.25) is 0 Å². The summed E-state index contributed by atoms with van der Waals surface area (Å²) in [6, 6.07) is 125. The van der Waals surface area contributed by atoms with Crippen molar-refractivity contribution >= 4 is 0 Å². The third kappa shape index (κ3) is 17.6. The number of aromatic hydroxyl groups is 12. The molecule has 120 heavy (non-hydrogen) atoms. The molecular weight excluding hydrogens is 1490 g/mol. The van der Waals surface area contributed by atoms with Gasteiger partial charge in [0.2, 0.25) is 0 Å². The first-order valence-electron chi connectivity index (χ1n) is 39.9. The van der Waals surface area contributed by atoms with Crippen LogP contribution in [-0.4, -0.2) is 61.3 Å². The van der Waals surface area contributed by atoms with Crippen LogP contribution in [0.15, 0.2) is 400 Å². The number of rotatable bonds is 14. The van der Waals surface area contributed by atoms with Crippen molar-refractivity contribution in [1.82, 2.24) is 0 Å². The molecule has 16 aromatic carbocycles. The summed E-state index contributed by atoms with van der Waals surface area (Å²) in [5.41, 5.74) is 19.0. The predicted octanol–water partition coefficient (Wildman–Crippen LogP) is 23.8. The molecule has 0 amide bonds. The fourth-order valence-electron chi connectivity index (χ4n) is 17.2. The molecule has 0 bridgehead atoms. The first-order chi connectivity index (χ1) is 58.1. The lowest BCUT2D eigenvalue weighted by Gasteiger charge is -2.41. The largest absolute Gasteiger partial charge is 0.508 e. The van der Waals surface area contributed by atoms with Gasteiger partial charge in [0.1, 0.15) is 69.0 Å². The van der Waals surface area contributed by atoms with Gasteiger partial charge in [-0.15, -0.1) is 0 Å². The molecule has 16 aromatic rings. The fraction of sp³-hybridized carbons (Fsp3) is 0.111. The third-order valence-corrected chi connectivity index (χ3v) is 23.8. The molecule has 0 spiro atoms. The van der Waals surface area contributed by atoms with Crippen molar-refractivity contribution in [2.45, 2.75) is 73.0 Å². The Labute approximate surface area is 699 Å². The highest BCUT2D eigenvalue weighted by Gasteiger charge is 2.46.